The van der Waals surface area contributed by atoms with Crippen molar-refractivity contribution in [1.29, 1.82) is 0 Å². The number of hydrogen-bond donors (Lipinski definition) is 2. The molecule has 10 nitrogen and oxygen atoms in total. The Bertz CT molecular complexity index is 1230. The minimum Gasteiger partial charge on any atom is -0.460 e. The molecule has 3 aliphatic rings. The van der Waals surface area contributed by atoms with Gasteiger partial charge in [-0.1, -0.05) is 42.5 Å². The summed E-state index contributed by atoms with van der Waals surface area (Å²) in [7, 11) is 0. The molecule has 2 bridgehead atoms. The van der Waals surface area contributed by atoms with Crippen LogP contribution in [0.25, 0.3) is 0 Å². The summed E-state index contributed by atoms with van der Waals surface area (Å²) in [6.07, 6.45) is 3.81. The molecule has 3 saturated heterocycles. The van der Waals surface area contributed by atoms with Crippen LogP contribution in [0.1, 0.15) is 65.0 Å². The second kappa shape index (κ2) is 13.0. The van der Waals surface area contributed by atoms with Gasteiger partial charge in [-0.25, -0.2) is 0 Å². The molecular weight excluding hydrogens is 550 g/mol. The monoisotopic (exact) mass is 595 g/mol. The van der Waals surface area contributed by atoms with Crippen LogP contribution in [0.2, 0.25) is 0 Å². The molecule has 0 radical (unpaired) electrons. The molecule has 43 heavy (non-hydrogen) atoms. The zero-order chi connectivity index (χ0) is 31.5. The van der Waals surface area contributed by atoms with Gasteiger partial charge in [0.25, 0.3) is 0 Å². The lowest BCUT2D eigenvalue weighted by Gasteiger charge is -2.43. The number of carbonyl (C=O) groups is 4. The SMILES string of the molecule is C=CCCC(=O)NC[C@@H](C)OC(=O)[C@@H]1[C@H]2C(=O)N([C@H](CO)c3ccccc3)[C@H](C(=O)N(CC=C)C(C)(C)C)[C@]23CC[C@H]1O3. The van der Waals surface area contributed by atoms with Crippen LogP contribution < -0.4 is 5.32 Å². The van der Waals surface area contributed by atoms with E-state index in [1.807, 2.05) is 51.1 Å². The maximum absolute atomic E-state index is 14.6. The summed E-state index contributed by atoms with van der Waals surface area (Å²) in [4.78, 5) is 57.9. The third-order valence-corrected chi connectivity index (χ3v) is 8.80. The number of nitrogens with one attached hydrogen (secondary N) is 1. The number of rotatable bonds is 13. The van der Waals surface area contributed by atoms with E-state index in [4.69, 9.17) is 9.47 Å². The average Bonchev–Trinajstić information content (AvgIpc) is 3.61. The fourth-order valence-corrected chi connectivity index (χ4v) is 6.87. The molecule has 7 atom stereocenters. The highest BCUT2D eigenvalue weighted by atomic mass is 16.6. The zero-order valence-electron chi connectivity index (χ0n) is 25.7. The molecule has 1 spiro atoms. The summed E-state index contributed by atoms with van der Waals surface area (Å²) >= 11 is 0. The predicted octanol–water partition coefficient (Wildman–Crippen LogP) is 2.92. The second-order valence-corrected chi connectivity index (χ2v) is 12.7. The Morgan fingerprint density at radius 3 is 2.53 bits per heavy atom. The highest BCUT2D eigenvalue weighted by Crippen LogP contribution is 2.60. The lowest BCUT2D eigenvalue weighted by molar-refractivity contribution is -0.160. The Labute approximate surface area is 254 Å². The zero-order valence-corrected chi connectivity index (χ0v) is 25.7. The van der Waals surface area contributed by atoms with E-state index < -0.39 is 65.8 Å². The number of benzene rings is 1. The van der Waals surface area contributed by atoms with Gasteiger partial charge in [0, 0.05) is 18.5 Å². The van der Waals surface area contributed by atoms with Crippen molar-refractivity contribution in [2.45, 2.75) is 88.8 Å². The lowest BCUT2D eigenvalue weighted by atomic mass is 9.70. The van der Waals surface area contributed by atoms with Gasteiger partial charge in [0.1, 0.15) is 17.7 Å². The largest absolute Gasteiger partial charge is 0.460 e. The maximum Gasteiger partial charge on any atom is 0.312 e. The van der Waals surface area contributed by atoms with Crippen molar-refractivity contribution in [3.8, 4) is 0 Å². The molecule has 3 aliphatic heterocycles. The molecule has 0 aromatic heterocycles. The van der Waals surface area contributed by atoms with Crippen LogP contribution in [-0.2, 0) is 28.7 Å². The number of nitrogens with zero attached hydrogens (tertiary/aromatic N) is 2. The summed E-state index contributed by atoms with van der Waals surface area (Å²) in [5.74, 6) is -3.37. The van der Waals surface area contributed by atoms with Gasteiger partial charge < -0.3 is 29.7 Å². The fraction of sp³-hybridized carbons (Fsp3) is 0.576. The summed E-state index contributed by atoms with van der Waals surface area (Å²) in [5, 5.41) is 13.4. The summed E-state index contributed by atoms with van der Waals surface area (Å²) < 4.78 is 12.3. The van der Waals surface area contributed by atoms with E-state index in [1.165, 1.54) is 4.90 Å². The summed E-state index contributed by atoms with van der Waals surface area (Å²) in [6, 6.07) is 7.19. The van der Waals surface area contributed by atoms with Gasteiger partial charge in [0.05, 0.1) is 37.1 Å². The molecular formula is C33H45N3O7. The van der Waals surface area contributed by atoms with Crippen LogP contribution in [-0.4, -0.2) is 87.7 Å². The number of carbonyl (C=O) groups excluding carboxylic acids is 4. The van der Waals surface area contributed by atoms with Crippen LogP contribution in [0, 0.1) is 11.8 Å². The average molecular weight is 596 g/mol. The number of ether oxygens (including phenoxy) is 2. The van der Waals surface area contributed by atoms with Crippen molar-refractivity contribution in [2.75, 3.05) is 19.7 Å². The van der Waals surface area contributed by atoms with Gasteiger partial charge in [0.15, 0.2) is 0 Å². The van der Waals surface area contributed by atoms with E-state index in [2.05, 4.69) is 18.5 Å². The van der Waals surface area contributed by atoms with Crippen LogP contribution in [0.5, 0.6) is 0 Å². The highest BCUT2D eigenvalue weighted by Gasteiger charge is 2.76. The van der Waals surface area contributed by atoms with Crippen LogP contribution in [0.3, 0.4) is 0 Å². The van der Waals surface area contributed by atoms with Crippen LogP contribution >= 0.6 is 0 Å². The summed E-state index contributed by atoms with van der Waals surface area (Å²) in [5.41, 5.74) is -1.18. The van der Waals surface area contributed by atoms with Crippen LogP contribution in [0.15, 0.2) is 55.6 Å². The van der Waals surface area contributed by atoms with Gasteiger partial charge in [-0.2, -0.15) is 0 Å². The van der Waals surface area contributed by atoms with Crippen molar-refractivity contribution in [3.05, 3.63) is 61.2 Å². The number of allylic oxidation sites excluding steroid dienone is 1. The number of likely N-dealkylation sites (tertiary alicyclic amines) is 1. The maximum atomic E-state index is 14.6. The highest BCUT2D eigenvalue weighted by molar-refractivity contribution is 5.98. The summed E-state index contributed by atoms with van der Waals surface area (Å²) in [6.45, 7) is 14.8. The molecule has 234 valence electrons. The van der Waals surface area contributed by atoms with Crippen molar-refractivity contribution in [2.24, 2.45) is 11.8 Å². The van der Waals surface area contributed by atoms with Gasteiger partial charge >= 0.3 is 5.97 Å². The van der Waals surface area contributed by atoms with Crippen molar-refractivity contribution < 1.29 is 33.8 Å². The Kier molecular flexibility index (Phi) is 9.81. The minimum absolute atomic E-state index is 0.125. The van der Waals surface area contributed by atoms with Gasteiger partial charge in [0.2, 0.25) is 17.7 Å². The Morgan fingerprint density at radius 1 is 1.23 bits per heavy atom. The lowest BCUT2D eigenvalue weighted by Crippen LogP contribution is -2.60. The van der Waals surface area contributed by atoms with Crippen molar-refractivity contribution in [3.63, 3.8) is 0 Å². The normalized spacial score (nSPS) is 27.3. The van der Waals surface area contributed by atoms with Gasteiger partial charge in [-0.05, 0) is 52.5 Å². The van der Waals surface area contributed by atoms with E-state index in [-0.39, 0.29) is 31.3 Å². The first-order valence-electron chi connectivity index (χ1n) is 15.1. The number of aliphatic hydroxyl groups excluding tert-OH is 1. The number of amides is 3. The van der Waals surface area contributed by atoms with E-state index in [9.17, 15) is 24.3 Å². The topological polar surface area (TPSA) is 125 Å². The predicted molar refractivity (Wildman–Crippen MR) is 160 cm³/mol. The second-order valence-electron chi connectivity index (χ2n) is 12.7. The molecule has 3 fully saturated rings. The number of fused-ring (bicyclic) bond motifs is 1. The Hall–Kier alpha value is -3.50. The number of esters is 1. The third kappa shape index (κ3) is 6.13. The molecule has 0 aliphatic carbocycles. The van der Waals surface area contributed by atoms with E-state index in [1.54, 1.807) is 24.0 Å². The molecule has 3 heterocycles. The molecule has 0 unspecified atom stereocenters. The third-order valence-electron chi connectivity index (χ3n) is 8.80. The first-order valence-corrected chi connectivity index (χ1v) is 15.1. The number of hydrogen-bond acceptors (Lipinski definition) is 7. The molecule has 10 heteroatoms. The van der Waals surface area contributed by atoms with Crippen LogP contribution in [0.4, 0.5) is 0 Å². The fourth-order valence-electron chi connectivity index (χ4n) is 6.87. The molecule has 4 rings (SSSR count). The van der Waals surface area contributed by atoms with E-state index in [0.717, 1.165) is 0 Å². The van der Waals surface area contributed by atoms with Crippen molar-refractivity contribution >= 4 is 23.7 Å². The van der Waals surface area contributed by atoms with E-state index in [0.29, 0.717) is 24.8 Å². The first-order chi connectivity index (χ1) is 20.4. The van der Waals surface area contributed by atoms with Gasteiger partial charge in [-0.3, -0.25) is 19.2 Å². The Balaban J connectivity index is 1.68. The smallest absolute Gasteiger partial charge is 0.312 e. The molecule has 2 N–H and O–H groups in total. The Morgan fingerprint density at radius 2 is 1.93 bits per heavy atom. The molecule has 3 amide bonds. The molecule has 1 aromatic carbocycles. The number of aliphatic hydroxyl groups is 1. The first kappa shape index (κ1) is 32.4. The molecule has 0 saturated carbocycles. The standard InChI is InChI=1S/C33H45N3O7/c1-7-9-15-25(38)34-19-21(3)42-31(41)26-24-16-17-33(43-24)27(26)29(39)36(23(20-37)22-13-11-10-12-14-22)28(33)30(40)35(18-8-2)32(4,5)6/h7-8,10-14,21,23-24,26-28,37H,1-2,9,15-20H2,3-6H3,(H,34,38)/t21-,23-,24-,26+,27+,28-,33+/m1/s1. The molecule has 1 aromatic rings. The minimum atomic E-state index is -1.25. The van der Waals surface area contributed by atoms with Crippen molar-refractivity contribution in [1.82, 2.24) is 15.1 Å². The van der Waals surface area contributed by atoms with Gasteiger partial charge in [-0.15, -0.1) is 13.2 Å². The quantitative estimate of drug-likeness (QED) is 0.265. The van der Waals surface area contributed by atoms with E-state index >= 15 is 0 Å².